The third kappa shape index (κ3) is 5.02. The molecule has 0 aliphatic carbocycles. The largest absolute Gasteiger partial charge is 0.493 e. The van der Waals surface area contributed by atoms with Gasteiger partial charge in [-0.3, -0.25) is 19.3 Å². The van der Waals surface area contributed by atoms with Crippen molar-refractivity contribution in [1.29, 1.82) is 0 Å². The first kappa shape index (κ1) is 23.1. The van der Waals surface area contributed by atoms with E-state index in [2.05, 4.69) is 5.32 Å². The Kier molecular flexibility index (Phi) is 7.37. The van der Waals surface area contributed by atoms with Crippen molar-refractivity contribution in [3.63, 3.8) is 0 Å². The lowest BCUT2D eigenvalue weighted by atomic mass is 10.1. The number of nitrogens with zero attached hydrogens (tertiary/aromatic N) is 1. The van der Waals surface area contributed by atoms with Crippen LogP contribution in [0.15, 0.2) is 41.3 Å². The predicted molar refractivity (Wildman–Crippen MR) is 118 cm³/mol. The molecule has 1 fully saturated rings. The van der Waals surface area contributed by atoms with E-state index < -0.39 is 22.9 Å². The predicted octanol–water partition coefficient (Wildman–Crippen LogP) is 3.32. The third-order valence-corrected chi connectivity index (χ3v) is 5.47. The number of carbonyl (C=O) groups excluding carboxylic acids is 3. The Labute approximate surface area is 188 Å². The summed E-state index contributed by atoms with van der Waals surface area (Å²) in [6.07, 6.45) is 1.56. The fourth-order valence-electron chi connectivity index (χ4n) is 3.04. The quantitative estimate of drug-likeness (QED) is 0.604. The van der Waals surface area contributed by atoms with Gasteiger partial charge in [-0.05, 0) is 53.7 Å². The van der Waals surface area contributed by atoms with E-state index in [1.165, 1.54) is 39.5 Å². The van der Waals surface area contributed by atoms with E-state index in [0.717, 1.165) is 22.7 Å². The monoisotopic (exact) mass is 460 g/mol. The van der Waals surface area contributed by atoms with Gasteiger partial charge in [0.25, 0.3) is 17.1 Å². The molecule has 2 aromatic carbocycles. The maximum Gasteiger partial charge on any atom is 0.293 e. The van der Waals surface area contributed by atoms with Gasteiger partial charge in [0, 0.05) is 18.7 Å². The lowest BCUT2D eigenvalue weighted by Crippen LogP contribution is -2.37. The molecule has 0 saturated carbocycles. The lowest BCUT2D eigenvalue weighted by molar-refractivity contribution is -0.122. The molecule has 1 N–H and O–H groups in total. The van der Waals surface area contributed by atoms with Gasteiger partial charge in [-0.25, -0.2) is 4.39 Å². The number of hydrogen-bond donors (Lipinski definition) is 1. The van der Waals surface area contributed by atoms with Gasteiger partial charge < -0.3 is 19.5 Å². The zero-order valence-corrected chi connectivity index (χ0v) is 18.5. The van der Waals surface area contributed by atoms with E-state index in [1.807, 2.05) is 0 Å². The van der Waals surface area contributed by atoms with E-state index in [4.69, 9.17) is 14.2 Å². The second-order valence-electron chi connectivity index (χ2n) is 6.56. The first-order valence-electron chi connectivity index (χ1n) is 9.47. The number of rotatable bonds is 8. The molecule has 0 unspecified atom stereocenters. The van der Waals surface area contributed by atoms with Crippen LogP contribution in [0.4, 0.5) is 9.18 Å². The average Bonchev–Trinajstić information content (AvgIpc) is 3.05. The van der Waals surface area contributed by atoms with Crippen molar-refractivity contribution in [2.75, 3.05) is 34.4 Å². The highest BCUT2D eigenvalue weighted by atomic mass is 32.2. The van der Waals surface area contributed by atoms with Crippen LogP contribution in [0.5, 0.6) is 17.2 Å². The Morgan fingerprint density at radius 2 is 1.78 bits per heavy atom. The van der Waals surface area contributed by atoms with Gasteiger partial charge in [-0.2, -0.15) is 0 Å². The second-order valence-corrected chi connectivity index (χ2v) is 7.55. The van der Waals surface area contributed by atoms with Crippen LogP contribution in [0.1, 0.15) is 15.9 Å². The van der Waals surface area contributed by atoms with Crippen LogP contribution < -0.4 is 19.5 Å². The van der Waals surface area contributed by atoms with Gasteiger partial charge >= 0.3 is 0 Å². The number of hydrogen-bond acceptors (Lipinski definition) is 7. The minimum absolute atomic E-state index is 0.0156. The van der Waals surface area contributed by atoms with Gasteiger partial charge in [0.05, 0.1) is 26.2 Å². The van der Waals surface area contributed by atoms with Gasteiger partial charge in [0.15, 0.2) is 11.5 Å². The normalized spacial score (nSPS) is 14.6. The van der Waals surface area contributed by atoms with E-state index >= 15 is 0 Å². The third-order valence-electron chi connectivity index (χ3n) is 4.57. The van der Waals surface area contributed by atoms with Gasteiger partial charge in [0.1, 0.15) is 5.82 Å². The molecule has 1 saturated heterocycles. The Morgan fingerprint density at radius 3 is 2.38 bits per heavy atom. The highest BCUT2D eigenvalue weighted by Gasteiger charge is 2.34. The Morgan fingerprint density at radius 1 is 1.09 bits per heavy atom. The summed E-state index contributed by atoms with van der Waals surface area (Å²) < 4.78 is 29.1. The summed E-state index contributed by atoms with van der Waals surface area (Å²) in [5, 5.41) is 2.12. The van der Waals surface area contributed by atoms with E-state index in [-0.39, 0.29) is 23.6 Å². The molecule has 10 heteroatoms. The summed E-state index contributed by atoms with van der Waals surface area (Å²) >= 11 is 0.794. The molecule has 8 nitrogen and oxygen atoms in total. The molecule has 1 heterocycles. The van der Waals surface area contributed by atoms with Crippen LogP contribution >= 0.6 is 11.8 Å². The molecular formula is C22H21FN2O6S. The Balaban J connectivity index is 1.69. The van der Waals surface area contributed by atoms with Crippen molar-refractivity contribution in [3.8, 4) is 17.2 Å². The summed E-state index contributed by atoms with van der Waals surface area (Å²) in [6.45, 7) is 0.0170. The minimum Gasteiger partial charge on any atom is -0.493 e. The molecule has 1 aliphatic heterocycles. The van der Waals surface area contributed by atoms with Crippen molar-refractivity contribution in [2.24, 2.45) is 0 Å². The highest BCUT2D eigenvalue weighted by molar-refractivity contribution is 8.18. The van der Waals surface area contributed by atoms with Gasteiger partial charge in [0.2, 0.25) is 5.75 Å². The molecule has 3 rings (SSSR count). The topological polar surface area (TPSA) is 94.2 Å². The van der Waals surface area contributed by atoms with E-state index in [0.29, 0.717) is 22.8 Å². The minimum atomic E-state index is -0.527. The van der Waals surface area contributed by atoms with E-state index in [9.17, 15) is 18.8 Å². The number of benzene rings is 2. The van der Waals surface area contributed by atoms with Crippen LogP contribution in [0.2, 0.25) is 0 Å². The Bertz CT molecular complexity index is 1060. The maximum atomic E-state index is 13.2. The molecule has 1 aliphatic rings. The lowest BCUT2D eigenvalue weighted by Gasteiger charge is -2.13. The van der Waals surface area contributed by atoms with Crippen molar-refractivity contribution in [1.82, 2.24) is 10.2 Å². The van der Waals surface area contributed by atoms with Crippen LogP contribution in [-0.4, -0.2) is 56.4 Å². The second kappa shape index (κ2) is 10.2. The number of carbonyl (C=O) groups is 3. The van der Waals surface area contributed by atoms with Crippen LogP contribution in [0.3, 0.4) is 0 Å². The van der Waals surface area contributed by atoms with Gasteiger partial charge in [-0.1, -0.05) is 6.07 Å². The van der Waals surface area contributed by atoms with Crippen LogP contribution in [0.25, 0.3) is 6.08 Å². The van der Waals surface area contributed by atoms with E-state index in [1.54, 1.807) is 18.2 Å². The molecule has 3 amide bonds. The van der Waals surface area contributed by atoms with Crippen molar-refractivity contribution < 1.29 is 33.0 Å². The first-order valence-corrected chi connectivity index (χ1v) is 10.3. The zero-order valence-electron chi connectivity index (χ0n) is 17.6. The number of thioether (sulfide) groups is 1. The van der Waals surface area contributed by atoms with Crippen molar-refractivity contribution in [2.45, 2.75) is 0 Å². The van der Waals surface area contributed by atoms with Crippen molar-refractivity contribution in [3.05, 3.63) is 58.2 Å². The number of imide groups is 1. The molecule has 32 heavy (non-hydrogen) atoms. The summed E-state index contributed by atoms with van der Waals surface area (Å²) in [5.74, 6) is -0.261. The van der Waals surface area contributed by atoms with Crippen LogP contribution in [0, 0.1) is 5.82 Å². The number of methoxy groups -OCH3 is 3. The fraction of sp³-hybridized carbons (Fsp3) is 0.227. The summed E-state index contributed by atoms with van der Waals surface area (Å²) in [7, 11) is 4.44. The summed E-state index contributed by atoms with van der Waals surface area (Å²) in [6, 6.07) is 8.56. The molecule has 0 atom stereocenters. The van der Waals surface area contributed by atoms with Crippen LogP contribution in [-0.2, 0) is 4.79 Å². The molecule has 2 aromatic rings. The average molecular weight is 460 g/mol. The first-order chi connectivity index (χ1) is 15.4. The number of nitrogens with one attached hydrogen (secondary N) is 1. The summed E-state index contributed by atoms with van der Waals surface area (Å²) in [5.41, 5.74) is 0.742. The molecule has 168 valence electrons. The zero-order chi connectivity index (χ0) is 23.3. The fourth-order valence-corrected chi connectivity index (χ4v) is 3.91. The molecular weight excluding hydrogens is 439 g/mol. The number of amides is 3. The molecule has 0 spiro atoms. The van der Waals surface area contributed by atoms with Gasteiger partial charge in [-0.15, -0.1) is 0 Å². The molecule has 0 bridgehead atoms. The molecule has 0 radical (unpaired) electrons. The Hall–Kier alpha value is -3.53. The number of ether oxygens (including phenoxy) is 3. The SMILES string of the molecule is COc1cc(C=C2SC(=O)N(CCNC(=O)c3cccc(F)c3)C2=O)cc(OC)c1OC. The number of halogens is 1. The standard InChI is InChI=1S/C22H21FN2O6S/c1-29-16-9-13(10-17(30-2)19(16)31-3)11-18-21(27)25(22(28)32-18)8-7-24-20(26)14-5-4-6-15(23)12-14/h4-6,9-12H,7-8H2,1-3H3,(H,24,26). The summed E-state index contributed by atoms with van der Waals surface area (Å²) in [4.78, 5) is 38.4. The van der Waals surface area contributed by atoms with Crippen molar-refractivity contribution >= 4 is 34.9 Å². The highest BCUT2D eigenvalue weighted by Crippen LogP contribution is 2.40. The maximum absolute atomic E-state index is 13.2. The smallest absolute Gasteiger partial charge is 0.293 e. The molecule has 0 aromatic heterocycles.